The zero-order valence-corrected chi connectivity index (χ0v) is 11.7. The van der Waals surface area contributed by atoms with Crippen molar-refractivity contribution >= 4 is 15.9 Å². The maximum absolute atomic E-state index is 11.8. The van der Waals surface area contributed by atoms with Crippen molar-refractivity contribution in [1.82, 2.24) is 10.6 Å². The lowest BCUT2D eigenvalue weighted by molar-refractivity contribution is -0.122. The number of sulfonamides is 1. The standard InChI is InChI=1S/C11H23N3O3S/c1-13-11(5-3-2-4-6-11)9-10(15)14-7-8-18(12,16)17/h13H,2-9H2,1H3,(H,14,15)(H2,12,16,17). The average molecular weight is 277 g/mol. The fourth-order valence-electron chi connectivity index (χ4n) is 2.45. The summed E-state index contributed by atoms with van der Waals surface area (Å²) < 4.78 is 21.5. The van der Waals surface area contributed by atoms with Crippen molar-refractivity contribution in [3.63, 3.8) is 0 Å². The van der Waals surface area contributed by atoms with Crippen LogP contribution in [0.2, 0.25) is 0 Å². The molecule has 0 bridgehead atoms. The highest BCUT2D eigenvalue weighted by atomic mass is 32.2. The smallest absolute Gasteiger partial charge is 0.221 e. The van der Waals surface area contributed by atoms with Crippen LogP contribution in [-0.2, 0) is 14.8 Å². The molecule has 1 aliphatic carbocycles. The Balaban J connectivity index is 2.38. The Morgan fingerprint density at radius 1 is 1.28 bits per heavy atom. The Hall–Kier alpha value is -0.660. The summed E-state index contributed by atoms with van der Waals surface area (Å²) in [6, 6.07) is 0. The zero-order valence-electron chi connectivity index (χ0n) is 10.9. The molecule has 0 aromatic rings. The van der Waals surface area contributed by atoms with Gasteiger partial charge >= 0.3 is 0 Å². The number of carbonyl (C=O) groups is 1. The van der Waals surface area contributed by atoms with Crippen molar-refractivity contribution in [1.29, 1.82) is 0 Å². The van der Waals surface area contributed by atoms with Crippen LogP contribution in [-0.4, -0.2) is 39.2 Å². The topological polar surface area (TPSA) is 101 Å². The minimum atomic E-state index is -3.50. The maximum Gasteiger partial charge on any atom is 0.221 e. The molecule has 1 amide bonds. The molecule has 7 heteroatoms. The Bertz CT molecular complexity index is 375. The van der Waals surface area contributed by atoms with E-state index in [0.29, 0.717) is 6.42 Å². The second kappa shape index (κ2) is 6.49. The molecule has 0 spiro atoms. The molecular formula is C11H23N3O3S. The van der Waals surface area contributed by atoms with Crippen LogP contribution in [0.25, 0.3) is 0 Å². The average Bonchev–Trinajstić information content (AvgIpc) is 2.28. The molecule has 0 aliphatic heterocycles. The quantitative estimate of drug-likeness (QED) is 0.620. The van der Waals surface area contributed by atoms with Crippen molar-refractivity contribution in [2.45, 2.75) is 44.1 Å². The monoisotopic (exact) mass is 277 g/mol. The molecule has 0 saturated heterocycles. The third-order valence-electron chi connectivity index (χ3n) is 3.55. The summed E-state index contributed by atoms with van der Waals surface area (Å²) >= 11 is 0. The summed E-state index contributed by atoms with van der Waals surface area (Å²) in [5.41, 5.74) is -0.121. The summed E-state index contributed by atoms with van der Waals surface area (Å²) in [5, 5.41) is 10.7. The Kier molecular flexibility index (Phi) is 5.55. The van der Waals surface area contributed by atoms with E-state index in [4.69, 9.17) is 5.14 Å². The first-order valence-electron chi connectivity index (χ1n) is 6.33. The van der Waals surface area contributed by atoms with Crippen molar-refractivity contribution < 1.29 is 13.2 Å². The van der Waals surface area contributed by atoms with Crippen molar-refractivity contribution in [2.75, 3.05) is 19.3 Å². The van der Waals surface area contributed by atoms with Gasteiger partial charge in [-0.05, 0) is 19.9 Å². The molecule has 0 aromatic heterocycles. The van der Waals surface area contributed by atoms with E-state index in [1.165, 1.54) is 6.42 Å². The molecule has 18 heavy (non-hydrogen) atoms. The van der Waals surface area contributed by atoms with Crippen LogP contribution < -0.4 is 15.8 Å². The number of rotatable bonds is 6. The zero-order chi connectivity index (χ0) is 13.6. The highest BCUT2D eigenvalue weighted by molar-refractivity contribution is 7.89. The first-order chi connectivity index (χ1) is 8.37. The number of nitrogens with one attached hydrogen (secondary N) is 2. The van der Waals surface area contributed by atoms with Gasteiger partial charge in [0.2, 0.25) is 15.9 Å². The highest BCUT2D eigenvalue weighted by Crippen LogP contribution is 2.30. The molecule has 0 aromatic carbocycles. The molecule has 0 radical (unpaired) electrons. The normalized spacial score (nSPS) is 19.4. The van der Waals surface area contributed by atoms with Gasteiger partial charge in [-0.15, -0.1) is 0 Å². The van der Waals surface area contributed by atoms with E-state index in [-0.39, 0.29) is 23.7 Å². The van der Waals surface area contributed by atoms with E-state index in [2.05, 4.69) is 10.6 Å². The first kappa shape index (κ1) is 15.4. The third-order valence-corrected chi connectivity index (χ3v) is 4.32. The molecule has 0 unspecified atom stereocenters. The number of hydrogen-bond donors (Lipinski definition) is 3. The molecule has 1 rings (SSSR count). The summed E-state index contributed by atoms with van der Waals surface area (Å²) in [4.78, 5) is 11.8. The number of amides is 1. The van der Waals surface area contributed by atoms with E-state index in [1.54, 1.807) is 0 Å². The third kappa shape index (κ3) is 5.32. The largest absolute Gasteiger partial charge is 0.355 e. The van der Waals surface area contributed by atoms with Gasteiger partial charge in [-0.2, -0.15) is 0 Å². The van der Waals surface area contributed by atoms with Gasteiger partial charge < -0.3 is 10.6 Å². The molecule has 0 atom stereocenters. The lowest BCUT2D eigenvalue weighted by Crippen LogP contribution is -2.48. The Labute approximate surface area is 109 Å². The Morgan fingerprint density at radius 3 is 2.39 bits per heavy atom. The minimum absolute atomic E-state index is 0.0808. The number of carbonyl (C=O) groups excluding carboxylic acids is 1. The van der Waals surface area contributed by atoms with Crippen LogP contribution in [0.1, 0.15) is 38.5 Å². The van der Waals surface area contributed by atoms with E-state index in [9.17, 15) is 13.2 Å². The van der Waals surface area contributed by atoms with Crippen LogP contribution in [0.5, 0.6) is 0 Å². The van der Waals surface area contributed by atoms with Crippen LogP contribution in [0.4, 0.5) is 0 Å². The maximum atomic E-state index is 11.8. The molecule has 6 nitrogen and oxygen atoms in total. The summed E-state index contributed by atoms with van der Waals surface area (Å²) in [6.45, 7) is 0.0808. The lowest BCUT2D eigenvalue weighted by atomic mass is 9.79. The summed E-state index contributed by atoms with van der Waals surface area (Å²) in [5.74, 6) is -0.333. The SMILES string of the molecule is CNC1(CC(=O)NCCS(N)(=O)=O)CCCCC1. The summed E-state index contributed by atoms with van der Waals surface area (Å²) in [7, 11) is -1.63. The fraction of sp³-hybridized carbons (Fsp3) is 0.909. The van der Waals surface area contributed by atoms with Crippen molar-refractivity contribution in [3.05, 3.63) is 0 Å². The molecule has 1 saturated carbocycles. The van der Waals surface area contributed by atoms with E-state index in [0.717, 1.165) is 25.7 Å². The second-order valence-electron chi connectivity index (χ2n) is 4.98. The second-order valence-corrected chi connectivity index (χ2v) is 6.72. The molecule has 106 valence electrons. The van der Waals surface area contributed by atoms with E-state index < -0.39 is 10.0 Å². The van der Waals surface area contributed by atoms with Gasteiger partial charge in [0.25, 0.3) is 0 Å². The van der Waals surface area contributed by atoms with Gasteiger partial charge in [0.1, 0.15) is 0 Å². The van der Waals surface area contributed by atoms with Crippen molar-refractivity contribution in [3.8, 4) is 0 Å². The molecule has 1 fully saturated rings. The van der Waals surface area contributed by atoms with E-state index >= 15 is 0 Å². The Morgan fingerprint density at radius 2 is 1.89 bits per heavy atom. The van der Waals surface area contributed by atoms with Gasteiger partial charge in [-0.3, -0.25) is 4.79 Å². The van der Waals surface area contributed by atoms with Crippen LogP contribution >= 0.6 is 0 Å². The van der Waals surface area contributed by atoms with Gasteiger partial charge in [-0.1, -0.05) is 19.3 Å². The molecular weight excluding hydrogens is 254 g/mol. The number of primary sulfonamides is 1. The molecule has 1 aliphatic rings. The number of nitrogens with two attached hydrogens (primary N) is 1. The van der Waals surface area contributed by atoms with Crippen LogP contribution in [0, 0.1) is 0 Å². The summed E-state index contributed by atoms with van der Waals surface area (Å²) in [6.07, 6.45) is 5.86. The predicted octanol–water partition coefficient (Wildman–Crippen LogP) is -0.296. The first-order valence-corrected chi connectivity index (χ1v) is 8.05. The molecule has 4 N–H and O–H groups in total. The van der Waals surface area contributed by atoms with Gasteiger partial charge in [-0.25, -0.2) is 13.6 Å². The molecule has 0 heterocycles. The van der Waals surface area contributed by atoms with Gasteiger partial charge in [0.05, 0.1) is 5.75 Å². The van der Waals surface area contributed by atoms with Crippen LogP contribution in [0.15, 0.2) is 0 Å². The minimum Gasteiger partial charge on any atom is -0.355 e. The predicted molar refractivity (Wildman–Crippen MR) is 70.5 cm³/mol. The van der Waals surface area contributed by atoms with E-state index in [1.807, 2.05) is 7.05 Å². The fourth-order valence-corrected chi connectivity index (χ4v) is 2.83. The lowest BCUT2D eigenvalue weighted by Gasteiger charge is -2.36. The van der Waals surface area contributed by atoms with Gasteiger partial charge in [0, 0.05) is 18.5 Å². The van der Waals surface area contributed by atoms with Crippen molar-refractivity contribution in [2.24, 2.45) is 5.14 Å². The van der Waals surface area contributed by atoms with Gasteiger partial charge in [0.15, 0.2) is 0 Å². The van der Waals surface area contributed by atoms with Crippen LogP contribution in [0.3, 0.4) is 0 Å². The number of hydrogen-bond acceptors (Lipinski definition) is 4. The highest BCUT2D eigenvalue weighted by Gasteiger charge is 2.32.